The maximum atomic E-state index is 13.3. The number of nitrogens with zero attached hydrogens (tertiary/aromatic N) is 2. The summed E-state index contributed by atoms with van der Waals surface area (Å²) in [6, 6.07) is 4.27. The molecule has 30 heavy (non-hydrogen) atoms. The smallest absolute Gasteiger partial charge is 0.338 e. The maximum Gasteiger partial charge on any atom is 0.338 e. The first-order valence-electron chi connectivity index (χ1n) is 10.2. The molecule has 2 aromatic rings. The number of esters is 1. The van der Waals surface area contributed by atoms with E-state index in [1.165, 1.54) is 29.6 Å². The third-order valence-electron chi connectivity index (χ3n) is 5.14. The van der Waals surface area contributed by atoms with Gasteiger partial charge in [-0.1, -0.05) is 13.3 Å². The monoisotopic (exact) mass is 452 g/mol. The van der Waals surface area contributed by atoms with Crippen LogP contribution in [0.3, 0.4) is 0 Å². The van der Waals surface area contributed by atoms with Gasteiger partial charge < -0.3 is 9.47 Å². The van der Waals surface area contributed by atoms with Crippen molar-refractivity contribution in [1.29, 1.82) is 0 Å². The van der Waals surface area contributed by atoms with Crippen LogP contribution in [0.2, 0.25) is 0 Å². The molecule has 2 heterocycles. The summed E-state index contributed by atoms with van der Waals surface area (Å²) in [6.45, 7) is 4.50. The zero-order valence-corrected chi connectivity index (χ0v) is 19.2. The third kappa shape index (κ3) is 5.01. The summed E-state index contributed by atoms with van der Waals surface area (Å²) in [5.74, 6) is -0.376. The number of carbonyl (C=O) groups is 1. The van der Waals surface area contributed by atoms with Crippen molar-refractivity contribution in [1.82, 2.24) is 9.29 Å². The van der Waals surface area contributed by atoms with Crippen LogP contribution in [0.15, 0.2) is 28.5 Å². The van der Waals surface area contributed by atoms with Crippen molar-refractivity contribution in [2.45, 2.75) is 63.5 Å². The number of hydrogen-bond donors (Lipinski definition) is 0. The summed E-state index contributed by atoms with van der Waals surface area (Å²) in [4.78, 5) is 17.0. The number of aryl methyl sites for hydroxylation is 1. The summed E-state index contributed by atoms with van der Waals surface area (Å²) >= 11 is 1.54. The number of benzene rings is 1. The number of methoxy groups -OCH3 is 1. The largest absolute Gasteiger partial charge is 0.495 e. The molecule has 0 spiro atoms. The Balaban J connectivity index is 1.80. The van der Waals surface area contributed by atoms with Gasteiger partial charge in [0.15, 0.2) is 0 Å². The molecule has 1 atom stereocenters. The van der Waals surface area contributed by atoms with Crippen LogP contribution in [0.4, 0.5) is 0 Å². The first-order valence-corrected chi connectivity index (χ1v) is 12.5. The Morgan fingerprint density at radius 1 is 1.33 bits per heavy atom. The quantitative estimate of drug-likeness (QED) is 0.562. The SMILES string of the molecule is CCCc1nc(COC(=O)c2ccc(OC)c(S(=O)(=O)N3CCCCC3C)c2)cs1. The summed E-state index contributed by atoms with van der Waals surface area (Å²) in [6.07, 6.45) is 4.55. The van der Waals surface area contributed by atoms with Crippen molar-refractivity contribution in [3.05, 3.63) is 39.8 Å². The van der Waals surface area contributed by atoms with E-state index in [9.17, 15) is 13.2 Å². The van der Waals surface area contributed by atoms with Gasteiger partial charge in [-0.05, 0) is 50.8 Å². The first kappa shape index (κ1) is 22.7. The lowest BCUT2D eigenvalue weighted by atomic mass is 10.1. The second-order valence-electron chi connectivity index (χ2n) is 7.38. The topological polar surface area (TPSA) is 85.8 Å². The molecule has 164 valence electrons. The molecule has 0 saturated carbocycles. The summed E-state index contributed by atoms with van der Waals surface area (Å²) in [7, 11) is -2.37. The highest BCUT2D eigenvalue weighted by Gasteiger charge is 2.33. The maximum absolute atomic E-state index is 13.3. The minimum atomic E-state index is -3.79. The van der Waals surface area contributed by atoms with Crippen LogP contribution in [0.1, 0.15) is 60.6 Å². The van der Waals surface area contributed by atoms with Gasteiger partial charge in [-0.3, -0.25) is 0 Å². The molecule has 0 radical (unpaired) electrons. The summed E-state index contributed by atoms with van der Waals surface area (Å²) in [5.41, 5.74) is 0.864. The number of aromatic nitrogens is 1. The van der Waals surface area contributed by atoms with Crippen LogP contribution in [-0.2, 0) is 27.8 Å². The fourth-order valence-corrected chi connectivity index (χ4v) is 6.29. The molecule has 9 heteroatoms. The van der Waals surface area contributed by atoms with Gasteiger partial charge in [-0.25, -0.2) is 18.2 Å². The van der Waals surface area contributed by atoms with E-state index in [0.717, 1.165) is 37.1 Å². The van der Waals surface area contributed by atoms with Gasteiger partial charge in [0.1, 0.15) is 17.3 Å². The van der Waals surface area contributed by atoms with Gasteiger partial charge in [-0.2, -0.15) is 4.31 Å². The van der Waals surface area contributed by atoms with Crippen molar-refractivity contribution in [2.24, 2.45) is 0 Å². The van der Waals surface area contributed by atoms with E-state index < -0.39 is 16.0 Å². The molecule has 0 bridgehead atoms. The molecule has 7 nitrogen and oxygen atoms in total. The average Bonchev–Trinajstić information content (AvgIpc) is 3.19. The second-order valence-corrected chi connectivity index (χ2v) is 10.2. The molecule has 0 aliphatic carbocycles. The van der Waals surface area contributed by atoms with Crippen molar-refractivity contribution in [2.75, 3.05) is 13.7 Å². The van der Waals surface area contributed by atoms with E-state index in [1.54, 1.807) is 11.3 Å². The van der Waals surface area contributed by atoms with Crippen molar-refractivity contribution < 1.29 is 22.7 Å². The minimum Gasteiger partial charge on any atom is -0.495 e. The average molecular weight is 453 g/mol. The highest BCUT2D eigenvalue weighted by atomic mass is 32.2. The first-order chi connectivity index (χ1) is 14.4. The molecule has 1 aromatic carbocycles. The zero-order chi connectivity index (χ0) is 21.7. The second kappa shape index (κ2) is 9.89. The standard InChI is InChI=1S/C21H28N2O5S2/c1-4-7-20-22-17(14-29-20)13-28-21(24)16-9-10-18(27-3)19(12-16)30(25,26)23-11-6-5-8-15(23)2/h9-10,12,14-15H,4-8,11,13H2,1-3H3. The Labute approximate surface area is 182 Å². The molecule has 1 aromatic heterocycles. The molecule has 0 N–H and O–H groups in total. The summed E-state index contributed by atoms with van der Waals surface area (Å²) < 4.78 is 38.7. The van der Waals surface area contributed by atoms with E-state index in [1.807, 2.05) is 12.3 Å². The van der Waals surface area contributed by atoms with Crippen LogP contribution >= 0.6 is 11.3 Å². The van der Waals surface area contributed by atoms with E-state index in [-0.39, 0.29) is 28.9 Å². The lowest BCUT2D eigenvalue weighted by Crippen LogP contribution is -2.42. The van der Waals surface area contributed by atoms with Gasteiger partial charge in [-0.15, -0.1) is 11.3 Å². The molecule has 1 unspecified atom stereocenters. The van der Waals surface area contributed by atoms with Crippen LogP contribution in [0.25, 0.3) is 0 Å². The molecule has 3 rings (SSSR count). The molecule has 1 aliphatic heterocycles. The molecule has 1 saturated heterocycles. The number of rotatable bonds is 8. The Hall–Kier alpha value is -1.97. The van der Waals surface area contributed by atoms with Crippen LogP contribution in [0, 0.1) is 0 Å². The Kier molecular flexibility index (Phi) is 7.49. The number of piperidine rings is 1. The highest BCUT2D eigenvalue weighted by molar-refractivity contribution is 7.89. The van der Waals surface area contributed by atoms with Crippen molar-refractivity contribution in [3.63, 3.8) is 0 Å². The van der Waals surface area contributed by atoms with Crippen LogP contribution in [0.5, 0.6) is 5.75 Å². The Bertz CT molecular complexity index is 987. The van der Waals surface area contributed by atoms with Crippen LogP contribution < -0.4 is 4.74 Å². The fourth-order valence-electron chi connectivity index (χ4n) is 3.53. The Morgan fingerprint density at radius 2 is 2.13 bits per heavy atom. The number of ether oxygens (including phenoxy) is 2. The lowest BCUT2D eigenvalue weighted by Gasteiger charge is -2.32. The molecule has 1 fully saturated rings. The molecular weight excluding hydrogens is 424 g/mol. The third-order valence-corrected chi connectivity index (χ3v) is 8.13. The normalized spacial score (nSPS) is 17.6. The molecule has 0 amide bonds. The summed E-state index contributed by atoms with van der Waals surface area (Å²) in [5, 5.41) is 2.89. The number of hydrogen-bond acceptors (Lipinski definition) is 7. The fraction of sp³-hybridized carbons (Fsp3) is 0.524. The van der Waals surface area contributed by atoms with Gasteiger partial charge in [0.25, 0.3) is 0 Å². The Morgan fingerprint density at radius 3 is 2.83 bits per heavy atom. The van der Waals surface area contributed by atoms with Crippen molar-refractivity contribution >= 4 is 27.3 Å². The highest BCUT2D eigenvalue weighted by Crippen LogP contribution is 2.32. The number of carbonyl (C=O) groups excluding carboxylic acids is 1. The molecular formula is C21H28N2O5S2. The van der Waals surface area contributed by atoms with E-state index in [4.69, 9.17) is 9.47 Å². The van der Waals surface area contributed by atoms with Gasteiger partial charge in [0.2, 0.25) is 10.0 Å². The molecule has 1 aliphatic rings. The van der Waals surface area contributed by atoms with Gasteiger partial charge in [0, 0.05) is 18.0 Å². The van der Waals surface area contributed by atoms with E-state index in [2.05, 4.69) is 11.9 Å². The number of sulfonamides is 1. The van der Waals surface area contributed by atoms with Crippen molar-refractivity contribution in [3.8, 4) is 5.75 Å². The zero-order valence-electron chi connectivity index (χ0n) is 17.6. The predicted octanol–water partition coefficient (Wildman–Crippen LogP) is 4.02. The number of thiazole rings is 1. The van der Waals surface area contributed by atoms with Crippen LogP contribution in [-0.4, -0.2) is 43.4 Å². The predicted molar refractivity (Wildman–Crippen MR) is 115 cm³/mol. The lowest BCUT2D eigenvalue weighted by molar-refractivity contribution is 0.0468. The van der Waals surface area contributed by atoms with Gasteiger partial charge >= 0.3 is 5.97 Å². The minimum absolute atomic E-state index is 0.00732. The van der Waals surface area contributed by atoms with Gasteiger partial charge in [0.05, 0.1) is 23.4 Å². The van der Waals surface area contributed by atoms with E-state index >= 15 is 0 Å². The van der Waals surface area contributed by atoms with E-state index in [0.29, 0.717) is 12.2 Å².